The molecule has 28 heavy (non-hydrogen) atoms. The third-order valence-corrected chi connectivity index (χ3v) is 6.39. The summed E-state index contributed by atoms with van der Waals surface area (Å²) in [7, 11) is 0. The minimum atomic E-state index is -0.397. The van der Waals surface area contributed by atoms with Gasteiger partial charge in [0.1, 0.15) is 11.6 Å². The highest BCUT2D eigenvalue weighted by Crippen LogP contribution is 2.49. The van der Waals surface area contributed by atoms with Crippen LogP contribution < -0.4 is 4.74 Å². The summed E-state index contributed by atoms with van der Waals surface area (Å²) in [5.41, 5.74) is 2.80. The fourth-order valence-corrected chi connectivity index (χ4v) is 4.77. The molecule has 0 unspecified atom stereocenters. The summed E-state index contributed by atoms with van der Waals surface area (Å²) in [4.78, 5) is 2.50. The molecule has 0 aliphatic carbocycles. The number of likely N-dealkylation sites (tertiary alicyclic amines) is 1. The molecule has 2 aromatic carbocycles. The normalized spacial score (nSPS) is 23.4. The van der Waals surface area contributed by atoms with Gasteiger partial charge in [0, 0.05) is 44.0 Å². The zero-order valence-corrected chi connectivity index (χ0v) is 16.4. The number of ether oxygens (including phenoxy) is 1. The lowest BCUT2D eigenvalue weighted by Gasteiger charge is -2.51. The van der Waals surface area contributed by atoms with Crippen molar-refractivity contribution in [3.05, 3.63) is 65.5 Å². The lowest BCUT2D eigenvalue weighted by Crippen LogP contribution is -2.59. The molecule has 0 bridgehead atoms. The third-order valence-electron chi connectivity index (χ3n) is 6.39. The predicted octanol–water partition coefficient (Wildman–Crippen LogP) is 4.57. The van der Waals surface area contributed by atoms with Crippen LogP contribution in [-0.4, -0.2) is 40.5 Å². The van der Waals surface area contributed by atoms with Gasteiger partial charge in [-0.1, -0.05) is 30.3 Å². The Morgan fingerprint density at radius 1 is 1.07 bits per heavy atom. The number of hydrogen-bond acceptors (Lipinski definition) is 4. The van der Waals surface area contributed by atoms with Crippen molar-refractivity contribution in [2.45, 2.75) is 50.9 Å². The van der Waals surface area contributed by atoms with Gasteiger partial charge in [0.25, 0.3) is 0 Å². The molecule has 5 heteroatoms. The van der Waals surface area contributed by atoms with Crippen LogP contribution in [0.2, 0.25) is 0 Å². The van der Waals surface area contributed by atoms with E-state index in [2.05, 4.69) is 42.0 Å². The second kappa shape index (κ2) is 6.59. The molecule has 1 saturated heterocycles. The van der Waals surface area contributed by atoms with E-state index in [9.17, 15) is 4.39 Å². The van der Waals surface area contributed by atoms with Crippen molar-refractivity contribution in [1.82, 2.24) is 9.91 Å². The van der Waals surface area contributed by atoms with E-state index in [4.69, 9.17) is 9.84 Å². The molecule has 3 heterocycles. The first-order valence-electron chi connectivity index (χ1n) is 10.2. The van der Waals surface area contributed by atoms with Gasteiger partial charge < -0.3 is 9.64 Å². The molecule has 0 radical (unpaired) electrons. The maximum atomic E-state index is 13.4. The van der Waals surface area contributed by atoms with Crippen LogP contribution in [0.5, 0.6) is 5.75 Å². The lowest BCUT2D eigenvalue weighted by atomic mass is 9.90. The van der Waals surface area contributed by atoms with Crippen LogP contribution in [0.15, 0.2) is 53.6 Å². The van der Waals surface area contributed by atoms with E-state index in [1.165, 1.54) is 17.7 Å². The molecule has 1 atom stereocenters. The van der Waals surface area contributed by atoms with Crippen molar-refractivity contribution >= 4 is 5.71 Å². The van der Waals surface area contributed by atoms with E-state index in [1.807, 2.05) is 18.2 Å². The first-order valence-corrected chi connectivity index (χ1v) is 10.2. The van der Waals surface area contributed by atoms with Crippen LogP contribution in [-0.2, 0) is 0 Å². The van der Waals surface area contributed by atoms with Gasteiger partial charge in [-0.3, -0.25) is 0 Å². The van der Waals surface area contributed by atoms with Gasteiger partial charge in [-0.15, -0.1) is 0 Å². The molecular weight excluding hydrogens is 353 g/mol. The number of benzene rings is 2. The Morgan fingerprint density at radius 2 is 1.79 bits per heavy atom. The number of rotatable bonds is 2. The predicted molar refractivity (Wildman–Crippen MR) is 108 cm³/mol. The van der Waals surface area contributed by atoms with Crippen molar-refractivity contribution in [1.29, 1.82) is 0 Å². The Kier molecular flexibility index (Phi) is 4.16. The third kappa shape index (κ3) is 2.80. The Morgan fingerprint density at radius 3 is 2.50 bits per heavy atom. The molecule has 5 rings (SSSR count). The standard InChI is InChI=1S/C23H26FN3O/c1-16(2)26-13-11-23(12-14-26)27-21(19-5-3-4-6-22(19)28-23)15-20(25-27)17-7-9-18(24)10-8-17/h3-10,16,21H,11-15H2,1-2H3/t21-/m1/s1. The molecule has 0 N–H and O–H groups in total. The summed E-state index contributed by atoms with van der Waals surface area (Å²) in [6.07, 6.45) is 2.67. The van der Waals surface area contributed by atoms with Gasteiger partial charge in [-0.25, -0.2) is 9.40 Å². The van der Waals surface area contributed by atoms with Crippen molar-refractivity contribution in [3.8, 4) is 5.75 Å². The van der Waals surface area contributed by atoms with Crippen LogP contribution in [0.4, 0.5) is 4.39 Å². The summed E-state index contributed by atoms with van der Waals surface area (Å²) < 4.78 is 20.0. The summed E-state index contributed by atoms with van der Waals surface area (Å²) in [5.74, 6) is 0.767. The quantitative estimate of drug-likeness (QED) is 0.765. The summed E-state index contributed by atoms with van der Waals surface area (Å²) in [6, 6.07) is 15.7. The highest BCUT2D eigenvalue weighted by atomic mass is 19.1. The molecule has 0 aromatic heterocycles. The van der Waals surface area contributed by atoms with Crippen molar-refractivity contribution in [3.63, 3.8) is 0 Å². The molecule has 2 aromatic rings. The van der Waals surface area contributed by atoms with E-state index in [1.54, 1.807) is 0 Å². The van der Waals surface area contributed by atoms with Gasteiger partial charge in [-0.2, -0.15) is 5.10 Å². The van der Waals surface area contributed by atoms with Crippen LogP contribution >= 0.6 is 0 Å². The molecule has 1 spiro atoms. The monoisotopic (exact) mass is 379 g/mol. The highest BCUT2D eigenvalue weighted by Gasteiger charge is 2.51. The van der Waals surface area contributed by atoms with Gasteiger partial charge in [0.15, 0.2) is 0 Å². The maximum Gasteiger partial charge on any atom is 0.200 e. The number of halogens is 1. The summed E-state index contributed by atoms with van der Waals surface area (Å²) in [6.45, 7) is 6.51. The number of fused-ring (bicyclic) bond motifs is 4. The summed E-state index contributed by atoms with van der Waals surface area (Å²) in [5, 5.41) is 7.25. The molecule has 146 valence electrons. The molecule has 0 amide bonds. The second-order valence-electron chi connectivity index (χ2n) is 8.33. The Bertz CT molecular complexity index is 900. The van der Waals surface area contributed by atoms with E-state index in [0.29, 0.717) is 6.04 Å². The summed E-state index contributed by atoms with van der Waals surface area (Å²) >= 11 is 0. The number of piperidine rings is 1. The highest BCUT2D eigenvalue weighted by molar-refractivity contribution is 6.01. The van der Waals surface area contributed by atoms with Crippen LogP contribution in [0.25, 0.3) is 0 Å². The molecule has 3 aliphatic rings. The van der Waals surface area contributed by atoms with Crippen LogP contribution in [0.1, 0.15) is 50.3 Å². The zero-order chi connectivity index (χ0) is 19.3. The van der Waals surface area contributed by atoms with E-state index in [0.717, 1.165) is 49.4 Å². The van der Waals surface area contributed by atoms with E-state index >= 15 is 0 Å². The molecular formula is C23H26FN3O. The van der Waals surface area contributed by atoms with Crippen LogP contribution in [0, 0.1) is 5.82 Å². The fourth-order valence-electron chi connectivity index (χ4n) is 4.77. The number of nitrogens with zero attached hydrogens (tertiary/aromatic N) is 3. The van der Waals surface area contributed by atoms with Crippen molar-refractivity contribution in [2.75, 3.05) is 13.1 Å². The largest absolute Gasteiger partial charge is 0.466 e. The smallest absolute Gasteiger partial charge is 0.200 e. The van der Waals surface area contributed by atoms with Gasteiger partial charge in [0.05, 0.1) is 11.8 Å². The first-order chi connectivity index (χ1) is 13.6. The van der Waals surface area contributed by atoms with E-state index in [-0.39, 0.29) is 11.9 Å². The SMILES string of the molecule is CC(C)N1CCC2(CC1)Oc1ccccc1[C@H]1CC(c3ccc(F)cc3)=NN12. The van der Waals surface area contributed by atoms with Gasteiger partial charge in [-0.05, 0) is 37.6 Å². The fraction of sp³-hybridized carbons (Fsp3) is 0.435. The Hall–Kier alpha value is -2.40. The molecule has 1 fully saturated rings. The van der Waals surface area contributed by atoms with Gasteiger partial charge in [0.2, 0.25) is 5.72 Å². The number of para-hydroxylation sites is 1. The zero-order valence-electron chi connectivity index (χ0n) is 16.4. The maximum absolute atomic E-state index is 13.4. The van der Waals surface area contributed by atoms with Gasteiger partial charge >= 0.3 is 0 Å². The average molecular weight is 379 g/mol. The van der Waals surface area contributed by atoms with Crippen molar-refractivity contribution < 1.29 is 9.13 Å². The Balaban J connectivity index is 1.53. The molecule has 3 aliphatic heterocycles. The Labute approximate surface area is 165 Å². The molecule has 0 saturated carbocycles. The first kappa shape index (κ1) is 17.7. The van der Waals surface area contributed by atoms with Crippen molar-refractivity contribution in [2.24, 2.45) is 5.10 Å². The molecule has 4 nitrogen and oxygen atoms in total. The number of hydrazone groups is 1. The van der Waals surface area contributed by atoms with Crippen LogP contribution in [0.3, 0.4) is 0 Å². The second-order valence-corrected chi connectivity index (χ2v) is 8.33. The topological polar surface area (TPSA) is 28.1 Å². The lowest BCUT2D eigenvalue weighted by molar-refractivity contribution is -0.152. The minimum absolute atomic E-state index is 0.176. The average Bonchev–Trinajstić information content (AvgIpc) is 3.16. The minimum Gasteiger partial charge on any atom is -0.466 e. The van der Waals surface area contributed by atoms with E-state index < -0.39 is 5.72 Å². The number of hydrogen-bond donors (Lipinski definition) is 0.